The van der Waals surface area contributed by atoms with Gasteiger partial charge in [0.1, 0.15) is 12.4 Å². The minimum absolute atomic E-state index is 0.161. The van der Waals surface area contributed by atoms with Crippen molar-refractivity contribution in [2.24, 2.45) is 0 Å². The minimum atomic E-state index is -1.22. The molecule has 0 saturated carbocycles. The number of nitrogens with zero attached hydrogens (tertiary/aromatic N) is 1. The molecule has 210 valence electrons. The van der Waals surface area contributed by atoms with E-state index in [2.05, 4.69) is 36.2 Å². The smallest absolute Gasteiger partial charge is 0.303 e. The van der Waals surface area contributed by atoms with E-state index in [-0.39, 0.29) is 6.61 Å². The Morgan fingerprint density at radius 1 is 0.795 bits per heavy atom. The summed E-state index contributed by atoms with van der Waals surface area (Å²) in [6.45, 7) is 6.80. The maximum absolute atomic E-state index is 12.1. The van der Waals surface area contributed by atoms with Crippen molar-refractivity contribution in [1.82, 2.24) is 4.98 Å². The molecular weight excluding hydrogens is 526 g/mol. The highest BCUT2D eigenvalue weighted by Crippen LogP contribution is 2.40. The Hall–Kier alpha value is -3.60. The van der Waals surface area contributed by atoms with Crippen LogP contribution in [-0.4, -0.2) is 64.5 Å². The average Bonchev–Trinajstić information content (AvgIpc) is 2.87. The Kier molecular flexibility index (Phi) is 10.7. The van der Waals surface area contributed by atoms with Crippen molar-refractivity contribution in [3.63, 3.8) is 0 Å². The van der Waals surface area contributed by atoms with E-state index in [4.69, 9.17) is 23.7 Å². The first-order valence-corrected chi connectivity index (χ1v) is 13.5. The number of benzene rings is 1. The Labute approximate surface area is 231 Å². The van der Waals surface area contributed by atoms with E-state index < -0.39 is 52.9 Å². The van der Waals surface area contributed by atoms with Gasteiger partial charge in [-0.3, -0.25) is 24.2 Å². The van der Waals surface area contributed by atoms with Gasteiger partial charge in [0.15, 0.2) is 23.7 Å². The number of aromatic nitrogens is 1. The lowest BCUT2D eigenvalue weighted by Crippen LogP contribution is -2.59. The van der Waals surface area contributed by atoms with Gasteiger partial charge in [-0.2, -0.15) is 0 Å². The van der Waals surface area contributed by atoms with Crippen molar-refractivity contribution in [2.75, 3.05) is 6.61 Å². The maximum atomic E-state index is 12.1. The predicted molar refractivity (Wildman–Crippen MR) is 142 cm³/mol. The summed E-state index contributed by atoms with van der Waals surface area (Å²) in [5.74, 6) is -2.07. The lowest BCUT2D eigenvalue weighted by atomic mass is 10.0. The van der Waals surface area contributed by atoms with Gasteiger partial charge in [-0.05, 0) is 23.6 Å². The quantitative estimate of drug-likeness (QED) is 0.314. The summed E-state index contributed by atoms with van der Waals surface area (Å²) >= 11 is 1.15. The van der Waals surface area contributed by atoms with Crippen LogP contribution in [0.25, 0.3) is 0 Å². The summed E-state index contributed by atoms with van der Waals surface area (Å²) in [5.41, 5.74) is 2.21. The van der Waals surface area contributed by atoms with Crippen molar-refractivity contribution in [3.05, 3.63) is 59.4 Å². The fraction of sp³-hybridized carbons (Fsp3) is 0.464. The molecule has 0 radical (unpaired) electrons. The van der Waals surface area contributed by atoms with E-state index in [0.717, 1.165) is 29.3 Å². The zero-order valence-electron chi connectivity index (χ0n) is 22.6. The second-order valence-corrected chi connectivity index (χ2v) is 10.4. The van der Waals surface area contributed by atoms with Gasteiger partial charge >= 0.3 is 23.9 Å². The molecule has 39 heavy (non-hydrogen) atoms. The molecular formula is C28H33NO9S. The number of rotatable bonds is 10. The number of ether oxygens (including phenoxy) is 5. The SMILES string of the molecule is CCc1ccc(Cc2ccncc2OC2SC(COC(C)=O)C(OC(C)=O)C(OC(C)=O)C2OC(C)=O)cc1. The number of aryl methyl sites for hydroxylation is 1. The standard InChI is InChI=1S/C28H33NO9S/c1-6-20-7-9-21(10-8-20)13-22-11-12-29-14-23(22)38-28-27(37-19(5)33)26(36-18(4)32)25(35-17(3)31)24(39-28)15-34-16(2)30/h7-12,14,24-28H,6,13,15H2,1-5H3. The second-order valence-electron chi connectivity index (χ2n) is 9.02. The average molecular weight is 560 g/mol. The highest BCUT2D eigenvalue weighted by molar-refractivity contribution is 8.00. The molecule has 1 aliphatic heterocycles. The topological polar surface area (TPSA) is 127 Å². The minimum Gasteiger partial charge on any atom is -0.474 e. The fourth-order valence-electron chi connectivity index (χ4n) is 4.18. The van der Waals surface area contributed by atoms with Crippen LogP contribution in [0.15, 0.2) is 42.7 Å². The van der Waals surface area contributed by atoms with Gasteiger partial charge in [-0.1, -0.05) is 31.2 Å². The monoisotopic (exact) mass is 559 g/mol. The van der Waals surface area contributed by atoms with Crippen LogP contribution < -0.4 is 4.74 Å². The van der Waals surface area contributed by atoms with Crippen LogP contribution >= 0.6 is 11.8 Å². The van der Waals surface area contributed by atoms with Gasteiger partial charge in [0.25, 0.3) is 0 Å². The number of esters is 4. The number of thioether (sulfide) groups is 1. The van der Waals surface area contributed by atoms with E-state index in [1.54, 1.807) is 12.4 Å². The third-order valence-corrected chi connectivity index (χ3v) is 7.27. The van der Waals surface area contributed by atoms with Crippen LogP contribution in [0.1, 0.15) is 51.3 Å². The third kappa shape index (κ3) is 8.71. The zero-order chi connectivity index (χ0) is 28.5. The predicted octanol–water partition coefficient (Wildman–Crippen LogP) is 3.41. The molecule has 1 saturated heterocycles. The van der Waals surface area contributed by atoms with Gasteiger partial charge in [0.2, 0.25) is 0 Å². The lowest BCUT2D eigenvalue weighted by Gasteiger charge is -2.43. The Morgan fingerprint density at radius 3 is 1.97 bits per heavy atom. The molecule has 0 spiro atoms. The molecule has 5 unspecified atom stereocenters. The van der Waals surface area contributed by atoms with Gasteiger partial charge in [0.05, 0.1) is 11.4 Å². The number of hydrogen-bond donors (Lipinski definition) is 0. The molecule has 1 aromatic heterocycles. The fourth-order valence-corrected chi connectivity index (χ4v) is 5.56. The summed E-state index contributed by atoms with van der Waals surface area (Å²) in [4.78, 5) is 51.9. The van der Waals surface area contributed by atoms with Crippen LogP contribution in [0, 0.1) is 0 Å². The Morgan fingerprint density at radius 2 is 1.38 bits per heavy atom. The summed E-state index contributed by atoms with van der Waals surface area (Å²) in [7, 11) is 0. The van der Waals surface area contributed by atoms with Gasteiger partial charge in [-0.15, -0.1) is 11.8 Å². The molecule has 0 N–H and O–H groups in total. The van der Waals surface area contributed by atoms with Crippen LogP contribution in [0.4, 0.5) is 0 Å². The van der Waals surface area contributed by atoms with E-state index in [1.165, 1.54) is 33.3 Å². The van der Waals surface area contributed by atoms with Crippen molar-refractivity contribution >= 4 is 35.6 Å². The van der Waals surface area contributed by atoms with Crippen LogP contribution in [0.5, 0.6) is 5.75 Å². The van der Waals surface area contributed by atoms with Gasteiger partial charge < -0.3 is 23.7 Å². The molecule has 0 amide bonds. The first-order valence-electron chi connectivity index (χ1n) is 12.5. The lowest BCUT2D eigenvalue weighted by molar-refractivity contribution is -0.190. The first-order chi connectivity index (χ1) is 18.6. The molecule has 2 heterocycles. The van der Waals surface area contributed by atoms with E-state index >= 15 is 0 Å². The molecule has 10 nitrogen and oxygen atoms in total. The number of carbonyl (C=O) groups is 4. The summed E-state index contributed by atoms with van der Waals surface area (Å²) < 4.78 is 28.2. The molecule has 3 rings (SSSR count). The van der Waals surface area contributed by atoms with Crippen LogP contribution in [-0.2, 0) is 51.0 Å². The van der Waals surface area contributed by atoms with Gasteiger partial charge in [0, 0.05) is 45.9 Å². The van der Waals surface area contributed by atoms with Crippen molar-refractivity contribution in [3.8, 4) is 5.75 Å². The first kappa shape index (κ1) is 29.9. The van der Waals surface area contributed by atoms with Gasteiger partial charge in [-0.25, -0.2) is 0 Å². The Bertz CT molecular complexity index is 1170. The normalized spacial score (nSPS) is 22.3. The Balaban J connectivity index is 1.97. The van der Waals surface area contributed by atoms with E-state index in [9.17, 15) is 19.2 Å². The summed E-state index contributed by atoms with van der Waals surface area (Å²) in [6, 6.07) is 10.1. The highest BCUT2D eigenvalue weighted by atomic mass is 32.2. The molecule has 0 aliphatic carbocycles. The zero-order valence-corrected chi connectivity index (χ0v) is 23.4. The summed E-state index contributed by atoms with van der Waals surface area (Å²) in [5, 5.41) is -0.694. The number of carbonyl (C=O) groups excluding carboxylic acids is 4. The molecule has 11 heteroatoms. The number of pyridine rings is 1. The summed E-state index contributed by atoms with van der Waals surface area (Å²) in [6.07, 6.45) is 1.26. The third-order valence-electron chi connectivity index (χ3n) is 5.89. The molecule has 2 aromatic rings. The van der Waals surface area contributed by atoms with Crippen molar-refractivity contribution in [2.45, 2.75) is 76.5 Å². The second kappa shape index (κ2) is 14.0. The van der Waals surface area contributed by atoms with Crippen molar-refractivity contribution < 1.29 is 42.9 Å². The molecule has 5 atom stereocenters. The highest BCUT2D eigenvalue weighted by Gasteiger charge is 2.53. The molecule has 0 bridgehead atoms. The van der Waals surface area contributed by atoms with E-state index in [1.807, 2.05) is 6.07 Å². The molecule has 1 aromatic carbocycles. The molecule has 1 aliphatic rings. The number of hydrogen-bond acceptors (Lipinski definition) is 11. The van der Waals surface area contributed by atoms with Crippen molar-refractivity contribution in [1.29, 1.82) is 0 Å². The van der Waals surface area contributed by atoms with Crippen LogP contribution in [0.2, 0.25) is 0 Å². The van der Waals surface area contributed by atoms with Crippen LogP contribution in [0.3, 0.4) is 0 Å². The largest absolute Gasteiger partial charge is 0.474 e. The molecule has 1 fully saturated rings. The van der Waals surface area contributed by atoms with E-state index in [0.29, 0.717) is 12.2 Å². The maximum Gasteiger partial charge on any atom is 0.303 e.